The van der Waals surface area contributed by atoms with Gasteiger partial charge >= 0.3 is 0 Å². The standard InChI is InChI=1S/C23H25N5O/c1-16(2)29-20-4-3-18-13-26-23(21(18)12-20)17-5-7-25-22(11-17)27-9-6-19(14-27)28-10-8-24-15-28/h3-5,7-8,10-12,15-16,19H,6,9,13-14H2,1-2H3. The number of aliphatic imine (C=N–C) groups is 1. The highest BCUT2D eigenvalue weighted by Crippen LogP contribution is 2.30. The molecule has 6 heteroatoms. The molecule has 0 bridgehead atoms. The van der Waals surface area contributed by atoms with Crippen molar-refractivity contribution >= 4 is 11.5 Å². The third-order valence-electron chi connectivity index (χ3n) is 5.57. The summed E-state index contributed by atoms with van der Waals surface area (Å²) in [6.45, 7) is 6.75. The number of hydrogen-bond acceptors (Lipinski definition) is 5. The molecule has 1 fully saturated rings. The van der Waals surface area contributed by atoms with Gasteiger partial charge in [0.15, 0.2) is 0 Å². The molecule has 2 aromatic heterocycles. The van der Waals surface area contributed by atoms with E-state index in [0.29, 0.717) is 6.04 Å². The molecular weight excluding hydrogens is 362 g/mol. The second kappa shape index (κ2) is 7.35. The van der Waals surface area contributed by atoms with Crippen LogP contribution in [0, 0.1) is 0 Å². The van der Waals surface area contributed by atoms with E-state index in [1.807, 2.05) is 44.8 Å². The molecular formula is C23H25N5O. The molecule has 0 spiro atoms. The number of anilines is 1. The maximum Gasteiger partial charge on any atom is 0.129 e. The average molecular weight is 387 g/mol. The van der Waals surface area contributed by atoms with E-state index in [4.69, 9.17) is 9.73 Å². The van der Waals surface area contributed by atoms with Crippen LogP contribution in [0.3, 0.4) is 0 Å². The summed E-state index contributed by atoms with van der Waals surface area (Å²) in [6.07, 6.45) is 8.93. The fraction of sp³-hybridized carbons (Fsp3) is 0.348. The second-order valence-corrected chi connectivity index (χ2v) is 7.95. The predicted octanol–water partition coefficient (Wildman–Crippen LogP) is 3.87. The summed E-state index contributed by atoms with van der Waals surface area (Å²) in [7, 11) is 0. The molecule has 0 saturated carbocycles. The number of aromatic nitrogens is 3. The molecule has 1 saturated heterocycles. The molecule has 2 aliphatic heterocycles. The summed E-state index contributed by atoms with van der Waals surface area (Å²) in [5.41, 5.74) is 4.55. The van der Waals surface area contributed by atoms with Crippen LogP contribution in [0.25, 0.3) is 0 Å². The number of imidazole rings is 1. The van der Waals surface area contributed by atoms with Crippen LogP contribution in [0.5, 0.6) is 5.75 Å². The van der Waals surface area contributed by atoms with E-state index in [1.165, 1.54) is 5.56 Å². The lowest BCUT2D eigenvalue weighted by molar-refractivity contribution is 0.242. The van der Waals surface area contributed by atoms with Gasteiger partial charge in [-0.3, -0.25) is 4.99 Å². The van der Waals surface area contributed by atoms with Gasteiger partial charge in [-0.1, -0.05) is 6.07 Å². The van der Waals surface area contributed by atoms with Crippen molar-refractivity contribution in [2.24, 2.45) is 4.99 Å². The first-order chi connectivity index (χ1) is 14.2. The van der Waals surface area contributed by atoms with E-state index >= 15 is 0 Å². The van der Waals surface area contributed by atoms with Crippen LogP contribution in [0.2, 0.25) is 0 Å². The normalized spacial score (nSPS) is 18.2. The lowest BCUT2D eigenvalue weighted by Gasteiger charge is -2.19. The highest BCUT2D eigenvalue weighted by Gasteiger charge is 2.25. The first kappa shape index (κ1) is 17.9. The van der Waals surface area contributed by atoms with E-state index < -0.39 is 0 Å². The maximum atomic E-state index is 5.89. The lowest BCUT2D eigenvalue weighted by atomic mass is 10.0. The average Bonchev–Trinajstić information content (AvgIpc) is 3.47. The van der Waals surface area contributed by atoms with Gasteiger partial charge in [-0.25, -0.2) is 9.97 Å². The molecule has 29 heavy (non-hydrogen) atoms. The van der Waals surface area contributed by atoms with Gasteiger partial charge in [-0.05, 0) is 50.1 Å². The number of pyridine rings is 1. The van der Waals surface area contributed by atoms with Crippen molar-refractivity contribution in [2.45, 2.75) is 39.0 Å². The van der Waals surface area contributed by atoms with Gasteiger partial charge in [0.1, 0.15) is 11.6 Å². The van der Waals surface area contributed by atoms with Gasteiger partial charge in [0, 0.05) is 42.8 Å². The highest BCUT2D eigenvalue weighted by molar-refractivity contribution is 6.15. The van der Waals surface area contributed by atoms with Gasteiger partial charge in [0.25, 0.3) is 0 Å². The Balaban J connectivity index is 1.39. The zero-order valence-electron chi connectivity index (χ0n) is 16.8. The molecule has 1 unspecified atom stereocenters. The van der Waals surface area contributed by atoms with Gasteiger partial charge in [0.2, 0.25) is 0 Å². The number of benzene rings is 1. The minimum Gasteiger partial charge on any atom is -0.491 e. The van der Waals surface area contributed by atoms with Crippen LogP contribution in [0.4, 0.5) is 5.82 Å². The van der Waals surface area contributed by atoms with Crippen LogP contribution in [0.15, 0.2) is 60.2 Å². The third kappa shape index (κ3) is 3.50. The Bertz CT molecular complexity index is 1040. The number of fused-ring (bicyclic) bond motifs is 1. The fourth-order valence-electron chi connectivity index (χ4n) is 4.17. The molecule has 1 atom stereocenters. The van der Waals surface area contributed by atoms with Crippen LogP contribution in [-0.4, -0.2) is 39.4 Å². The quantitative estimate of drug-likeness (QED) is 0.667. The molecule has 6 nitrogen and oxygen atoms in total. The number of hydrogen-bond donors (Lipinski definition) is 0. The second-order valence-electron chi connectivity index (χ2n) is 7.95. The van der Waals surface area contributed by atoms with Crippen molar-refractivity contribution < 1.29 is 4.74 Å². The van der Waals surface area contributed by atoms with Gasteiger partial charge in [-0.15, -0.1) is 0 Å². The van der Waals surface area contributed by atoms with Crippen LogP contribution in [0.1, 0.15) is 43.0 Å². The molecule has 148 valence electrons. The number of rotatable bonds is 5. The van der Waals surface area contributed by atoms with Gasteiger partial charge in [0.05, 0.1) is 30.7 Å². The number of nitrogens with zero attached hydrogens (tertiary/aromatic N) is 5. The van der Waals surface area contributed by atoms with E-state index in [2.05, 4.69) is 43.7 Å². The zero-order valence-corrected chi connectivity index (χ0v) is 16.8. The van der Waals surface area contributed by atoms with Crippen LogP contribution < -0.4 is 9.64 Å². The first-order valence-corrected chi connectivity index (χ1v) is 10.2. The monoisotopic (exact) mass is 387 g/mol. The molecule has 2 aliphatic rings. The lowest BCUT2D eigenvalue weighted by Crippen LogP contribution is -2.22. The van der Waals surface area contributed by atoms with Crippen molar-refractivity contribution in [3.8, 4) is 5.75 Å². The van der Waals surface area contributed by atoms with Crippen molar-refractivity contribution in [1.82, 2.24) is 14.5 Å². The molecule has 1 aromatic carbocycles. The minimum atomic E-state index is 0.154. The maximum absolute atomic E-state index is 5.89. The predicted molar refractivity (Wildman–Crippen MR) is 114 cm³/mol. The summed E-state index contributed by atoms with van der Waals surface area (Å²) >= 11 is 0. The molecule has 0 N–H and O–H groups in total. The molecule has 5 rings (SSSR count). The van der Waals surface area contributed by atoms with Gasteiger partial charge < -0.3 is 14.2 Å². The van der Waals surface area contributed by atoms with E-state index in [1.54, 1.807) is 0 Å². The summed E-state index contributed by atoms with van der Waals surface area (Å²) < 4.78 is 8.08. The van der Waals surface area contributed by atoms with E-state index in [0.717, 1.165) is 54.5 Å². The Kier molecular flexibility index (Phi) is 4.54. The van der Waals surface area contributed by atoms with E-state index in [9.17, 15) is 0 Å². The molecule has 0 amide bonds. The molecule has 0 aliphatic carbocycles. The van der Waals surface area contributed by atoms with Crippen molar-refractivity contribution in [3.05, 3.63) is 71.9 Å². The van der Waals surface area contributed by atoms with Gasteiger partial charge in [-0.2, -0.15) is 0 Å². The summed E-state index contributed by atoms with van der Waals surface area (Å²) in [5, 5.41) is 0. The SMILES string of the molecule is CC(C)Oc1ccc2c(c1)C(c1ccnc(N3CCC(n4ccnc4)C3)c1)=NC2. The largest absolute Gasteiger partial charge is 0.491 e. The fourth-order valence-corrected chi connectivity index (χ4v) is 4.17. The topological polar surface area (TPSA) is 55.5 Å². The zero-order chi connectivity index (χ0) is 19.8. The molecule has 4 heterocycles. The Morgan fingerprint density at radius 1 is 1.14 bits per heavy atom. The summed E-state index contributed by atoms with van der Waals surface area (Å²) in [6, 6.07) is 10.9. The smallest absolute Gasteiger partial charge is 0.129 e. The number of ether oxygens (including phenoxy) is 1. The van der Waals surface area contributed by atoms with Crippen molar-refractivity contribution in [1.29, 1.82) is 0 Å². The Labute approximate surface area is 170 Å². The summed E-state index contributed by atoms with van der Waals surface area (Å²) in [5.74, 6) is 1.90. The minimum absolute atomic E-state index is 0.154. The Hall–Kier alpha value is -3.15. The van der Waals surface area contributed by atoms with E-state index in [-0.39, 0.29) is 6.10 Å². The van der Waals surface area contributed by atoms with Crippen molar-refractivity contribution in [3.63, 3.8) is 0 Å². The first-order valence-electron chi connectivity index (χ1n) is 10.2. The van der Waals surface area contributed by atoms with Crippen molar-refractivity contribution in [2.75, 3.05) is 18.0 Å². The van der Waals surface area contributed by atoms with Crippen LogP contribution in [-0.2, 0) is 6.54 Å². The van der Waals surface area contributed by atoms with Crippen LogP contribution >= 0.6 is 0 Å². The summed E-state index contributed by atoms with van der Waals surface area (Å²) in [4.78, 5) is 16.0. The Morgan fingerprint density at radius 3 is 2.90 bits per heavy atom. The third-order valence-corrected chi connectivity index (χ3v) is 5.57. The molecule has 0 radical (unpaired) electrons. The highest BCUT2D eigenvalue weighted by atomic mass is 16.5. The Morgan fingerprint density at radius 2 is 2.07 bits per heavy atom. The molecule has 3 aromatic rings.